The van der Waals surface area contributed by atoms with Gasteiger partial charge in [-0.05, 0) is 69.0 Å². The third-order valence-electron chi connectivity index (χ3n) is 4.86. The SMILES string of the molecule is Cc1ccc(CC(=O)N(Cc2ccc(Cl)c(Cl)c2)C(C)C(=O)NC(C)C)cc1C. The molecular weight excluding hydrogens is 407 g/mol. The number of carbonyl (C=O) groups is 2. The molecule has 0 fully saturated rings. The molecule has 2 rings (SSSR count). The van der Waals surface area contributed by atoms with Crippen molar-refractivity contribution in [3.63, 3.8) is 0 Å². The summed E-state index contributed by atoms with van der Waals surface area (Å²) in [6.07, 6.45) is 0.224. The molecule has 0 aliphatic rings. The van der Waals surface area contributed by atoms with E-state index < -0.39 is 6.04 Å². The zero-order valence-electron chi connectivity index (χ0n) is 17.6. The van der Waals surface area contributed by atoms with E-state index in [4.69, 9.17) is 23.2 Å². The Balaban J connectivity index is 2.28. The lowest BCUT2D eigenvalue weighted by atomic mass is 10.0. The van der Waals surface area contributed by atoms with Crippen molar-refractivity contribution in [2.75, 3.05) is 0 Å². The summed E-state index contributed by atoms with van der Waals surface area (Å²) >= 11 is 12.1. The van der Waals surface area contributed by atoms with Crippen molar-refractivity contribution in [2.45, 2.75) is 59.7 Å². The summed E-state index contributed by atoms with van der Waals surface area (Å²) in [4.78, 5) is 27.4. The minimum atomic E-state index is -0.620. The molecule has 2 aromatic rings. The van der Waals surface area contributed by atoms with Crippen LogP contribution in [-0.2, 0) is 22.6 Å². The smallest absolute Gasteiger partial charge is 0.242 e. The number of halogens is 2. The van der Waals surface area contributed by atoms with Gasteiger partial charge in [-0.25, -0.2) is 0 Å². The maximum absolute atomic E-state index is 13.2. The topological polar surface area (TPSA) is 49.4 Å². The van der Waals surface area contributed by atoms with Crippen LogP contribution in [0.1, 0.15) is 43.0 Å². The molecule has 1 atom stereocenters. The average Bonchev–Trinajstić information content (AvgIpc) is 2.64. The number of hydrogen-bond donors (Lipinski definition) is 1. The molecule has 0 aliphatic carbocycles. The number of nitrogens with one attached hydrogen (secondary N) is 1. The van der Waals surface area contributed by atoms with Crippen LogP contribution < -0.4 is 5.32 Å². The number of amides is 2. The molecule has 0 aliphatic heterocycles. The minimum absolute atomic E-state index is 0.00775. The molecule has 1 unspecified atom stereocenters. The molecule has 0 spiro atoms. The summed E-state index contributed by atoms with van der Waals surface area (Å²) in [6.45, 7) is 9.86. The molecule has 0 radical (unpaired) electrons. The first-order valence-corrected chi connectivity index (χ1v) is 10.4. The van der Waals surface area contributed by atoms with E-state index in [1.807, 2.05) is 52.0 Å². The van der Waals surface area contributed by atoms with Gasteiger partial charge in [0.25, 0.3) is 0 Å². The van der Waals surface area contributed by atoms with Crippen molar-refractivity contribution in [1.29, 1.82) is 0 Å². The average molecular weight is 435 g/mol. The maximum Gasteiger partial charge on any atom is 0.242 e. The van der Waals surface area contributed by atoms with E-state index in [0.29, 0.717) is 10.0 Å². The Morgan fingerprint density at radius 1 is 0.931 bits per heavy atom. The highest BCUT2D eigenvalue weighted by Crippen LogP contribution is 2.24. The molecule has 4 nitrogen and oxygen atoms in total. The zero-order chi connectivity index (χ0) is 21.7. The van der Waals surface area contributed by atoms with Crippen molar-refractivity contribution in [2.24, 2.45) is 0 Å². The zero-order valence-corrected chi connectivity index (χ0v) is 19.1. The van der Waals surface area contributed by atoms with Crippen molar-refractivity contribution >= 4 is 35.0 Å². The molecule has 0 aromatic heterocycles. The van der Waals surface area contributed by atoms with E-state index in [-0.39, 0.29) is 30.8 Å². The largest absolute Gasteiger partial charge is 0.352 e. The fourth-order valence-electron chi connectivity index (χ4n) is 3.01. The van der Waals surface area contributed by atoms with E-state index in [2.05, 4.69) is 5.32 Å². The second-order valence-electron chi connectivity index (χ2n) is 7.70. The number of benzene rings is 2. The predicted molar refractivity (Wildman–Crippen MR) is 119 cm³/mol. The second kappa shape index (κ2) is 10.1. The van der Waals surface area contributed by atoms with Gasteiger partial charge < -0.3 is 10.2 Å². The van der Waals surface area contributed by atoms with Gasteiger partial charge in [0, 0.05) is 12.6 Å². The van der Waals surface area contributed by atoms with Gasteiger partial charge >= 0.3 is 0 Å². The lowest BCUT2D eigenvalue weighted by Gasteiger charge is -2.29. The van der Waals surface area contributed by atoms with Crippen molar-refractivity contribution in [3.8, 4) is 0 Å². The van der Waals surface area contributed by atoms with Gasteiger partial charge in [-0.15, -0.1) is 0 Å². The van der Waals surface area contributed by atoms with Crippen LogP contribution in [0.25, 0.3) is 0 Å². The Morgan fingerprint density at radius 3 is 2.17 bits per heavy atom. The van der Waals surface area contributed by atoms with Crippen molar-refractivity contribution in [1.82, 2.24) is 10.2 Å². The Labute approximate surface area is 183 Å². The van der Waals surface area contributed by atoms with E-state index >= 15 is 0 Å². The summed E-state index contributed by atoms with van der Waals surface area (Å²) < 4.78 is 0. The van der Waals surface area contributed by atoms with Crippen molar-refractivity contribution in [3.05, 3.63) is 68.7 Å². The lowest BCUT2D eigenvalue weighted by Crippen LogP contribution is -2.49. The van der Waals surface area contributed by atoms with Crippen LogP contribution in [0.2, 0.25) is 10.0 Å². The summed E-state index contributed by atoms with van der Waals surface area (Å²) in [6, 6.07) is 10.6. The molecule has 1 N–H and O–H groups in total. The number of aryl methyl sites for hydroxylation is 2. The standard InChI is InChI=1S/C23H28Cl2N2O2/c1-14(2)26-23(29)17(5)27(13-19-8-9-20(24)21(25)11-19)22(28)12-18-7-6-15(3)16(4)10-18/h6-11,14,17H,12-13H2,1-5H3,(H,26,29). The number of nitrogens with zero attached hydrogens (tertiary/aromatic N) is 1. The van der Waals surface area contributed by atoms with Crippen LogP contribution >= 0.6 is 23.2 Å². The van der Waals surface area contributed by atoms with Crippen LogP contribution in [-0.4, -0.2) is 28.8 Å². The molecule has 0 saturated heterocycles. The summed E-state index contributed by atoms with van der Waals surface area (Å²) in [5, 5.41) is 3.76. The Bertz CT molecular complexity index is 896. The highest BCUT2D eigenvalue weighted by atomic mass is 35.5. The van der Waals surface area contributed by atoms with E-state index in [1.54, 1.807) is 24.0 Å². The van der Waals surface area contributed by atoms with Crippen LogP contribution in [0.15, 0.2) is 36.4 Å². The Morgan fingerprint density at radius 2 is 1.59 bits per heavy atom. The molecule has 156 valence electrons. The van der Waals surface area contributed by atoms with Gasteiger partial charge in [-0.3, -0.25) is 9.59 Å². The number of hydrogen-bond acceptors (Lipinski definition) is 2. The third-order valence-corrected chi connectivity index (χ3v) is 5.60. The van der Waals surface area contributed by atoms with Gasteiger partial charge in [0.05, 0.1) is 16.5 Å². The molecule has 2 aromatic carbocycles. The Hall–Kier alpha value is -2.04. The fourth-order valence-corrected chi connectivity index (χ4v) is 3.33. The van der Waals surface area contributed by atoms with Gasteiger partial charge in [0.1, 0.15) is 6.04 Å². The van der Waals surface area contributed by atoms with Crippen LogP contribution in [0.3, 0.4) is 0 Å². The predicted octanol–water partition coefficient (Wildman–Crippen LogP) is 5.09. The van der Waals surface area contributed by atoms with Gasteiger partial charge in [-0.2, -0.15) is 0 Å². The summed E-state index contributed by atoms with van der Waals surface area (Å²) in [7, 11) is 0. The van der Waals surface area contributed by atoms with Gasteiger partial charge in [-0.1, -0.05) is 47.5 Å². The third kappa shape index (κ3) is 6.48. The monoisotopic (exact) mass is 434 g/mol. The van der Waals surface area contributed by atoms with Gasteiger partial charge in [0.2, 0.25) is 11.8 Å². The van der Waals surface area contributed by atoms with Crippen molar-refractivity contribution < 1.29 is 9.59 Å². The van der Waals surface area contributed by atoms with Crippen LogP contribution in [0, 0.1) is 13.8 Å². The van der Waals surface area contributed by atoms with Gasteiger partial charge in [0.15, 0.2) is 0 Å². The van der Waals surface area contributed by atoms with Crippen LogP contribution in [0.5, 0.6) is 0 Å². The first-order chi connectivity index (χ1) is 13.6. The molecule has 29 heavy (non-hydrogen) atoms. The highest BCUT2D eigenvalue weighted by molar-refractivity contribution is 6.42. The second-order valence-corrected chi connectivity index (χ2v) is 8.52. The minimum Gasteiger partial charge on any atom is -0.352 e. The van der Waals surface area contributed by atoms with Crippen LogP contribution in [0.4, 0.5) is 0 Å². The Kier molecular flexibility index (Phi) is 8.12. The molecule has 0 heterocycles. The quantitative estimate of drug-likeness (QED) is 0.658. The molecule has 0 saturated carbocycles. The maximum atomic E-state index is 13.2. The van der Waals surface area contributed by atoms with E-state index in [0.717, 1.165) is 16.7 Å². The summed E-state index contributed by atoms with van der Waals surface area (Å²) in [5.41, 5.74) is 4.06. The van der Waals surface area contributed by atoms with E-state index in [1.165, 1.54) is 5.56 Å². The summed E-state index contributed by atoms with van der Waals surface area (Å²) in [5.74, 6) is -0.306. The first kappa shape index (κ1) is 23.2. The van der Waals surface area contributed by atoms with E-state index in [9.17, 15) is 9.59 Å². The molecule has 2 amide bonds. The lowest BCUT2D eigenvalue weighted by molar-refractivity contribution is -0.140. The molecule has 0 bridgehead atoms. The molecular formula is C23H28Cl2N2O2. The number of carbonyl (C=O) groups excluding carboxylic acids is 2. The highest BCUT2D eigenvalue weighted by Gasteiger charge is 2.26. The first-order valence-electron chi connectivity index (χ1n) is 9.68. The normalized spacial score (nSPS) is 12.0. The fraction of sp³-hybridized carbons (Fsp3) is 0.391. The molecule has 6 heteroatoms. The number of rotatable bonds is 7.